The van der Waals surface area contributed by atoms with Crippen molar-refractivity contribution in [1.29, 1.82) is 0 Å². The van der Waals surface area contributed by atoms with Crippen LogP contribution in [0.4, 0.5) is 8.78 Å². The normalized spacial score (nSPS) is 18.5. The summed E-state index contributed by atoms with van der Waals surface area (Å²) in [6.45, 7) is 2.42. The van der Waals surface area contributed by atoms with E-state index in [9.17, 15) is 35.2 Å². The molecule has 4 rings (SSSR count). The van der Waals surface area contributed by atoms with Gasteiger partial charge in [0.25, 0.3) is 11.8 Å². The summed E-state index contributed by atoms with van der Waals surface area (Å²) in [5, 5.41) is 24.9. The van der Waals surface area contributed by atoms with Crippen molar-refractivity contribution in [3.8, 4) is 0 Å². The Morgan fingerprint density at radius 1 is 0.804 bits per heavy atom. The largest absolute Gasteiger partial charge is 0.354 e. The number of aryl methyl sites for hydroxylation is 2. The van der Waals surface area contributed by atoms with E-state index in [0.29, 0.717) is 11.4 Å². The Morgan fingerprint density at radius 3 is 1.39 bits per heavy atom. The van der Waals surface area contributed by atoms with E-state index in [4.69, 9.17) is 19.5 Å². The van der Waals surface area contributed by atoms with E-state index in [-0.39, 0.29) is 49.0 Å². The third kappa shape index (κ3) is 9.29. The van der Waals surface area contributed by atoms with Gasteiger partial charge in [-0.25, -0.2) is 36.6 Å². The van der Waals surface area contributed by atoms with Gasteiger partial charge >= 0.3 is 0 Å². The Morgan fingerprint density at radius 2 is 1.13 bits per heavy atom. The van der Waals surface area contributed by atoms with Crippen LogP contribution in [-0.4, -0.2) is 71.4 Å². The van der Waals surface area contributed by atoms with E-state index >= 15 is 0 Å². The molecule has 2 atom stereocenters. The molecule has 46 heavy (non-hydrogen) atoms. The SMILES string of the molecule is C[C@@](CCc1cc(/C(F)=C/C2CC2)on1)(C(=O)NO)S(C)(=O)=O.C[C@@](CCc1cc(/C(F)=C\C2CC2)on1)(C(=O)NO)S(C)(=O)=O. The molecule has 2 aliphatic rings. The topological polar surface area (TPSA) is 219 Å². The third-order valence-corrected chi connectivity index (χ3v) is 12.2. The fourth-order valence-electron chi connectivity index (χ4n) is 4.09. The lowest BCUT2D eigenvalue weighted by Crippen LogP contribution is -2.49. The molecule has 2 saturated carbocycles. The minimum atomic E-state index is -3.78. The highest BCUT2D eigenvalue weighted by Crippen LogP contribution is 2.35. The first kappa shape index (κ1) is 37.0. The van der Waals surface area contributed by atoms with Crippen molar-refractivity contribution in [2.24, 2.45) is 11.8 Å². The Bertz CT molecular complexity index is 1570. The molecular formula is C28H38F2N4O10S2. The van der Waals surface area contributed by atoms with E-state index < -0.39 is 52.6 Å². The van der Waals surface area contributed by atoms with E-state index in [1.165, 1.54) is 49.1 Å². The first-order chi connectivity index (χ1) is 21.3. The number of nitrogens with one attached hydrogen (secondary N) is 2. The number of sulfone groups is 2. The highest BCUT2D eigenvalue weighted by atomic mass is 32.2. The third-order valence-electron chi connectivity index (χ3n) is 8.11. The first-order valence-electron chi connectivity index (χ1n) is 14.3. The summed E-state index contributed by atoms with van der Waals surface area (Å²) >= 11 is 0. The van der Waals surface area contributed by atoms with Gasteiger partial charge in [-0.3, -0.25) is 20.0 Å². The number of carbonyl (C=O) groups is 2. The molecule has 0 unspecified atom stereocenters. The molecule has 256 valence electrons. The Balaban J connectivity index is 0.000000250. The predicted octanol–water partition coefficient (Wildman–Crippen LogP) is 3.27. The maximum atomic E-state index is 13.8. The van der Waals surface area contributed by atoms with Gasteiger partial charge in [-0.2, -0.15) is 0 Å². The van der Waals surface area contributed by atoms with Gasteiger partial charge in [0.05, 0.1) is 11.4 Å². The van der Waals surface area contributed by atoms with Gasteiger partial charge in [-0.1, -0.05) is 10.3 Å². The number of hydrogen-bond acceptors (Lipinski definition) is 12. The van der Waals surface area contributed by atoms with Crippen LogP contribution in [-0.2, 0) is 42.1 Å². The van der Waals surface area contributed by atoms with Crippen molar-refractivity contribution in [2.75, 3.05) is 12.5 Å². The maximum Gasteiger partial charge on any atom is 0.264 e. The van der Waals surface area contributed by atoms with Crippen molar-refractivity contribution in [3.05, 3.63) is 47.2 Å². The number of halogens is 2. The van der Waals surface area contributed by atoms with Gasteiger partial charge in [0.2, 0.25) is 0 Å². The Hall–Kier alpha value is -3.48. The average Bonchev–Trinajstić information content (AvgIpc) is 3.89. The highest BCUT2D eigenvalue weighted by molar-refractivity contribution is 7.93. The van der Waals surface area contributed by atoms with Crippen molar-refractivity contribution in [3.63, 3.8) is 0 Å². The molecule has 2 heterocycles. The van der Waals surface area contributed by atoms with Gasteiger partial charge in [-0.15, -0.1) is 0 Å². The van der Waals surface area contributed by atoms with Crippen LogP contribution in [0.2, 0.25) is 0 Å². The van der Waals surface area contributed by atoms with Gasteiger partial charge in [0.1, 0.15) is 9.49 Å². The first-order valence-corrected chi connectivity index (χ1v) is 18.1. The average molecular weight is 693 g/mol. The van der Waals surface area contributed by atoms with Crippen molar-refractivity contribution >= 4 is 43.1 Å². The second-order valence-corrected chi connectivity index (χ2v) is 16.8. The maximum absolute atomic E-state index is 13.8. The molecular weight excluding hydrogens is 654 g/mol. The molecule has 0 spiro atoms. The number of aromatic nitrogens is 2. The summed E-state index contributed by atoms with van der Waals surface area (Å²) in [7, 11) is -7.56. The molecule has 0 bridgehead atoms. The summed E-state index contributed by atoms with van der Waals surface area (Å²) in [6, 6.07) is 2.77. The molecule has 2 amide bonds. The Labute approximate surface area is 265 Å². The quantitative estimate of drug-likeness (QED) is 0.166. The summed E-state index contributed by atoms with van der Waals surface area (Å²) < 4.78 is 81.1. The molecule has 0 saturated heterocycles. The number of allylic oxidation sites excluding steroid dienone is 2. The monoisotopic (exact) mass is 692 g/mol. The zero-order valence-electron chi connectivity index (χ0n) is 25.7. The number of nitrogens with zero attached hydrogens (tertiary/aromatic N) is 2. The van der Waals surface area contributed by atoms with Crippen molar-refractivity contribution < 1.29 is 54.7 Å². The molecule has 0 aliphatic heterocycles. The summed E-state index contributed by atoms with van der Waals surface area (Å²) in [5.41, 5.74) is 3.41. The molecule has 2 aliphatic carbocycles. The van der Waals surface area contributed by atoms with Gasteiger partial charge in [0, 0.05) is 24.6 Å². The summed E-state index contributed by atoms with van der Waals surface area (Å²) in [5.74, 6) is -2.59. The number of rotatable bonds is 14. The second kappa shape index (κ2) is 14.5. The van der Waals surface area contributed by atoms with Gasteiger partial charge < -0.3 is 9.05 Å². The molecule has 2 fully saturated rings. The lowest BCUT2D eigenvalue weighted by Gasteiger charge is -2.24. The molecule has 4 N–H and O–H groups in total. The molecule has 18 heteroatoms. The van der Waals surface area contributed by atoms with Gasteiger partial charge in [0.15, 0.2) is 42.8 Å². The fourth-order valence-corrected chi connectivity index (χ4v) is 5.80. The van der Waals surface area contributed by atoms with Crippen LogP contribution in [0.25, 0.3) is 11.7 Å². The Kier molecular flexibility index (Phi) is 11.7. The number of hydrogen-bond donors (Lipinski definition) is 4. The smallest absolute Gasteiger partial charge is 0.264 e. The van der Waals surface area contributed by atoms with Crippen LogP contribution in [0.3, 0.4) is 0 Å². The predicted molar refractivity (Wildman–Crippen MR) is 160 cm³/mol. The second-order valence-electron chi connectivity index (χ2n) is 12.0. The standard InChI is InChI=1S/2C14H19FN2O5S/c2*1-14(13(18)16-19,23(2,20)21)6-5-10-8-12(22-17-10)11(15)7-9-3-4-9/h2*7-9,19H,3-6H2,1-2H3,(H,16,18)/b11-7+;11-7-/t2*14-/m11/s1. The number of amides is 2. The van der Waals surface area contributed by atoms with Crippen LogP contribution in [0.15, 0.2) is 33.3 Å². The van der Waals surface area contributed by atoms with E-state index in [1.54, 1.807) is 0 Å². The van der Waals surface area contributed by atoms with Crippen molar-refractivity contribution in [2.45, 2.75) is 74.7 Å². The lowest BCUT2D eigenvalue weighted by molar-refractivity contribution is -0.132. The summed E-state index contributed by atoms with van der Waals surface area (Å²) in [4.78, 5) is 23.4. The molecule has 2 aromatic rings. The van der Waals surface area contributed by atoms with Crippen LogP contribution in [0.1, 0.15) is 75.3 Å². The zero-order valence-corrected chi connectivity index (χ0v) is 27.4. The molecule has 14 nitrogen and oxygen atoms in total. The van der Waals surface area contributed by atoms with Crippen LogP contribution in [0, 0.1) is 11.8 Å². The van der Waals surface area contributed by atoms with Gasteiger partial charge in [-0.05, 0) is 89.2 Å². The van der Waals surface area contributed by atoms with Crippen LogP contribution < -0.4 is 11.0 Å². The molecule has 2 aromatic heterocycles. The molecule has 0 aromatic carbocycles. The lowest BCUT2D eigenvalue weighted by atomic mass is 10.0. The highest BCUT2D eigenvalue weighted by Gasteiger charge is 2.44. The minimum Gasteiger partial charge on any atom is -0.354 e. The van der Waals surface area contributed by atoms with Crippen molar-refractivity contribution in [1.82, 2.24) is 21.3 Å². The number of hydroxylamine groups is 2. The van der Waals surface area contributed by atoms with Crippen LogP contribution in [0.5, 0.6) is 0 Å². The molecule has 0 radical (unpaired) electrons. The fraction of sp³-hybridized carbons (Fsp3) is 0.571. The van der Waals surface area contributed by atoms with E-state index in [2.05, 4.69) is 10.3 Å². The van der Waals surface area contributed by atoms with Crippen LogP contribution >= 0.6 is 0 Å². The number of carbonyl (C=O) groups excluding carboxylic acids is 2. The zero-order chi connectivity index (χ0) is 34.5. The van der Waals surface area contributed by atoms with E-state index in [0.717, 1.165) is 38.2 Å². The van der Waals surface area contributed by atoms with E-state index in [1.807, 2.05) is 0 Å². The summed E-state index contributed by atoms with van der Waals surface area (Å²) in [6.07, 6.45) is 8.51. The minimum absolute atomic E-state index is 0.0143.